The zero-order valence-electron chi connectivity index (χ0n) is 8.21. The SMILES string of the molecule is Fc1ccc(N2CCN[C@H]3C[C@H]32)c(F)c1. The molecule has 1 N–H and O–H groups in total. The van der Waals surface area contributed by atoms with Crippen LogP contribution >= 0.6 is 0 Å². The number of hydrogen-bond donors (Lipinski definition) is 1. The number of halogens is 2. The molecule has 1 saturated carbocycles. The number of benzene rings is 1. The number of piperazine rings is 1. The van der Waals surface area contributed by atoms with Crippen molar-refractivity contribution in [2.24, 2.45) is 0 Å². The molecule has 0 unspecified atom stereocenters. The summed E-state index contributed by atoms with van der Waals surface area (Å²) in [5.74, 6) is -0.971. The molecule has 2 atom stereocenters. The van der Waals surface area contributed by atoms with Crippen LogP contribution in [0.25, 0.3) is 0 Å². The van der Waals surface area contributed by atoms with Crippen LogP contribution < -0.4 is 10.2 Å². The van der Waals surface area contributed by atoms with Crippen LogP contribution in [0.3, 0.4) is 0 Å². The smallest absolute Gasteiger partial charge is 0.149 e. The van der Waals surface area contributed by atoms with Gasteiger partial charge in [0.05, 0.1) is 5.69 Å². The van der Waals surface area contributed by atoms with Crippen molar-refractivity contribution in [3.63, 3.8) is 0 Å². The van der Waals surface area contributed by atoms with E-state index in [4.69, 9.17) is 0 Å². The lowest BCUT2D eigenvalue weighted by Gasteiger charge is -2.29. The summed E-state index contributed by atoms with van der Waals surface area (Å²) < 4.78 is 26.3. The summed E-state index contributed by atoms with van der Waals surface area (Å²) in [6.45, 7) is 1.67. The number of rotatable bonds is 1. The third-order valence-corrected chi connectivity index (χ3v) is 3.14. The third-order valence-electron chi connectivity index (χ3n) is 3.14. The molecular weight excluding hydrogens is 198 g/mol. The van der Waals surface area contributed by atoms with Crippen molar-refractivity contribution >= 4 is 5.69 Å². The van der Waals surface area contributed by atoms with Gasteiger partial charge in [-0.3, -0.25) is 0 Å². The van der Waals surface area contributed by atoms with E-state index in [9.17, 15) is 8.78 Å². The first-order valence-electron chi connectivity index (χ1n) is 5.21. The van der Waals surface area contributed by atoms with E-state index in [1.807, 2.05) is 4.90 Å². The molecule has 0 radical (unpaired) electrons. The average Bonchev–Trinajstić information content (AvgIpc) is 2.96. The van der Waals surface area contributed by atoms with Crippen molar-refractivity contribution in [2.75, 3.05) is 18.0 Å². The van der Waals surface area contributed by atoms with Gasteiger partial charge in [-0.25, -0.2) is 8.78 Å². The Morgan fingerprint density at radius 1 is 1.33 bits per heavy atom. The highest BCUT2D eigenvalue weighted by molar-refractivity contribution is 5.51. The lowest BCUT2D eigenvalue weighted by Crippen LogP contribution is -2.43. The van der Waals surface area contributed by atoms with Gasteiger partial charge in [0.2, 0.25) is 0 Å². The normalized spacial score (nSPS) is 28.8. The van der Waals surface area contributed by atoms with Gasteiger partial charge in [-0.1, -0.05) is 0 Å². The van der Waals surface area contributed by atoms with E-state index in [0.29, 0.717) is 17.8 Å². The molecule has 2 fully saturated rings. The molecule has 2 nitrogen and oxygen atoms in total. The van der Waals surface area contributed by atoms with Gasteiger partial charge in [0.15, 0.2) is 0 Å². The lowest BCUT2D eigenvalue weighted by molar-refractivity contribution is 0.551. The fraction of sp³-hybridized carbons (Fsp3) is 0.455. The van der Waals surface area contributed by atoms with Crippen molar-refractivity contribution < 1.29 is 8.78 Å². The first-order valence-corrected chi connectivity index (χ1v) is 5.21. The van der Waals surface area contributed by atoms with Crippen LogP contribution in [0.4, 0.5) is 14.5 Å². The number of nitrogens with one attached hydrogen (secondary N) is 1. The topological polar surface area (TPSA) is 15.3 Å². The quantitative estimate of drug-likeness (QED) is 0.756. The maximum absolute atomic E-state index is 13.5. The Bertz CT molecular complexity index is 394. The molecule has 1 heterocycles. The molecule has 15 heavy (non-hydrogen) atoms. The van der Waals surface area contributed by atoms with Gasteiger partial charge in [-0.2, -0.15) is 0 Å². The molecular formula is C11H12F2N2. The maximum Gasteiger partial charge on any atom is 0.149 e. The average molecular weight is 210 g/mol. The van der Waals surface area contributed by atoms with Crippen molar-refractivity contribution in [1.82, 2.24) is 5.32 Å². The Morgan fingerprint density at radius 3 is 3.00 bits per heavy atom. The van der Waals surface area contributed by atoms with Crippen LogP contribution in [0, 0.1) is 11.6 Å². The minimum Gasteiger partial charge on any atom is -0.363 e. The summed E-state index contributed by atoms with van der Waals surface area (Å²) in [6, 6.07) is 4.71. The molecule has 0 spiro atoms. The van der Waals surface area contributed by atoms with Crippen molar-refractivity contribution in [3.05, 3.63) is 29.8 Å². The Hall–Kier alpha value is -1.16. The van der Waals surface area contributed by atoms with Crippen LogP contribution in [-0.2, 0) is 0 Å². The van der Waals surface area contributed by atoms with E-state index in [2.05, 4.69) is 5.32 Å². The molecule has 2 aliphatic rings. The predicted molar refractivity (Wildman–Crippen MR) is 53.9 cm³/mol. The first-order chi connectivity index (χ1) is 7.25. The van der Waals surface area contributed by atoms with E-state index in [1.165, 1.54) is 12.1 Å². The highest BCUT2D eigenvalue weighted by Crippen LogP contribution is 2.35. The molecule has 0 bridgehead atoms. The standard InChI is InChI=1S/C11H12F2N2/c12-7-1-2-10(8(13)5-7)15-4-3-14-9-6-11(9)15/h1-2,5,9,11,14H,3-4,6H2/t9-,11+/m0/s1. The van der Waals surface area contributed by atoms with Crippen molar-refractivity contribution in [3.8, 4) is 0 Å². The molecule has 3 rings (SSSR count). The molecule has 1 aliphatic heterocycles. The molecule has 80 valence electrons. The Labute approximate surface area is 86.9 Å². The molecule has 4 heteroatoms. The highest BCUT2D eigenvalue weighted by Gasteiger charge is 2.44. The van der Waals surface area contributed by atoms with Crippen LogP contribution in [0.15, 0.2) is 18.2 Å². The number of nitrogens with zero attached hydrogens (tertiary/aromatic N) is 1. The summed E-state index contributed by atoms with van der Waals surface area (Å²) in [6.07, 6.45) is 1.07. The maximum atomic E-state index is 13.5. The lowest BCUT2D eigenvalue weighted by atomic mass is 10.2. The van der Waals surface area contributed by atoms with Gasteiger partial charge in [-0.15, -0.1) is 0 Å². The Kier molecular flexibility index (Phi) is 1.92. The van der Waals surface area contributed by atoms with E-state index >= 15 is 0 Å². The van der Waals surface area contributed by atoms with Gasteiger partial charge >= 0.3 is 0 Å². The second-order valence-electron chi connectivity index (χ2n) is 4.15. The number of anilines is 1. The van der Waals surface area contributed by atoms with E-state index in [-0.39, 0.29) is 0 Å². The van der Waals surface area contributed by atoms with Crippen LogP contribution in [0.2, 0.25) is 0 Å². The predicted octanol–water partition coefficient (Wildman–Crippen LogP) is 1.52. The largest absolute Gasteiger partial charge is 0.363 e. The monoisotopic (exact) mass is 210 g/mol. The third kappa shape index (κ3) is 1.49. The van der Waals surface area contributed by atoms with Gasteiger partial charge in [0, 0.05) is 31.2 Å². The summed E-state index contributed by atoms with van der Waals surface area (Å²) in [5, 5.41) is 3.35. The summed E-state index contributed by atoms with van der Waals surface area (Å²) in [7, 11) is 0. The number of fused-ring (bicyclic) bond motifs is 1. The Balaban J connectivity index is 1.91. The van der Waals surface area contributed by atoms with Gasteiger partial charge in [0.1, 0.15) is 11.6 Å². The fourth-order valence-electron chi connectivity index (χ4n) is 2.29. The van der Waals surface area contributed by atoms with Gasteiger partial charge < -0.3 is 10.2 Å². The van der Waals surface area contributed by atoms with Crippen molar-refractivity contribution in [1.29, 1.82) is 0 Å². The second-order valence-corrected chi connectivity index (χ2v) is 4.15. The minimum absolute atomic E-state index is 0.402. The zero-order chi connectivity index (χ0) is 10.4. The first kappa shape index (κ1) is 9.09. The number of hydrogen-bond acceptors (Lipinski definition) is 2. The van der Waals surface area contributed by atoms with Crippen LogP contribution in [-0.4, -0.2) is 25.2 Å². The second kappa shape index (κ2) is 3.17. The zero-order valence-corrected chi connectivity index (χ0v) is 8.21. The van der Waals surface area contributed by atoms with Crippen LogP contribution in [0.1, 0.15) is 6.42 Å². The van der Waals surface area contributed by atoms with E-state index in [0.717, 1.165) is 25.6 Å². The minimum atomic E-state index is -0.515. The van der Waals surface area contributed by atoms with Gasteiger partial charge in [0.25, 0.3) is 0 Å². The van der Waals surface area contributed by atoms with E-state index in [1.54, 1.807) is 0 Å². The van der Waals surface area contributed by atoms with Gasteiger partial charge in [-0.05, 0) is 18.6 Å². The summed E-state index contributed by atoms with van der Waals surface area (Å²) in [5.41, 5.74) is 0.533. The molecule has 1 aromatic rings. The molecule has 1 aliphatic carbocycles. The molecule has 0 amide bonds. The Morgan fingerprint density at radius 2 is 2.20 bits per heavy atom. The molecule has 1 saturated heterocycles. The summed E-state index contributed by atoms with van der Waals surface area (Å²) in [4.78, 5) is 2.04. The van der Waals surface area contributed by atoms with Crippen LogP contribution in [0.5, 0.6) is 0 Å². The molecule has 1 aromatic carbocycles. The fourth-order valence-corrected chi connectivity index (χ4v) is 2.29. The highest BCUT2D eigenvalue weighted by atomic mass is 19.1. The molecule has 0 aromatic heterocycles. The van der Waals surface area contributed by atoms with E-state index < -0.39 is 11.6 Å². The summed E-state index contributed by atoms with van der Waals surface area (Å²) >= 11 is 0. The van der Waals surface area contributed by atoms with Crippen molar-refractivity contribution in [2.45, 2.75) is 18.5 Å².